The first kappa shape index (κ1) is 12.5. The average Bonchev–Trinajstić information content (AvgIpc) is 2.69. The number of imidazole rings is 1. The van der Waals surface area contributed by atoms with Crippen molar-refractivity contribution in [1.29, 1.82) is 0 Å². The van der Waals surface area contributed by atoms with E-state index >= 15 is 0 Å². The van der Waals surface area contributed by atoms with Crippen LogP contribution in [0.15, 0.2) is 12.5 Å². The summed E-state index contributed by atoms with van der Waals surface area (Å²) in [6.45, 7) is 0.147. The third-order valence-corrected chi connectivity index (χ3v) is 2.66. The lowest BCUT2D eigenvalue weighted by atomic mass is 10.3. The standard InChI is InChI=1S/C7H12N4O4S/c1-15-7(12)11-16(13,14)10-3-2-6-4-8-5-9-6/h4-5,10H,2-3H2,1H3,(H,8,9)(H,11,12). The van der Waals surface area contributed by atoms with Crippen LogP contribution in [0, 0.1) is 0 Å². The van der Waals surface area contributed by atoms with Gasteiger partial charge < -0.3 is 9.72 Å². The summed E-state index contributed by atoms with van der Waals surface area (Å²) in [6.07, 6.45) is 2.50. The van der Waals surface area contributed by atoms with E-state index in [-0.39, 0.29) is 6.54 Å². The number of carbonyl (C=O) groups is 1. The Labute approximate surface area is 92.6 Å². The second-order valence-electron chi connectivity index (χ2n) is 2.82. The summed E-state index contributed by atoms with van der Waals surface area (Å²) in [7, 11) is -2.78. The van der Waals surface area contributed by atoms with Crippen LogP contribution in [-0.2, 0) is 21.4 Å². The normalized spacial score (nSPS) is 11.1. The molecule has 1 amide bonds. The summed E-state index contributed by atoms with van der Waals surface area (Å²) in [5.41, 5.74) is 0.792. The van der Waals surface area contributed by atoms with Crippen LogP contribution in [0.4, 0.5) is 4.79 Å². The lowest BCUT2D eigenvalue weighted by molar-refractivity contribution is 0.177. The molecule has 0 aromatic carbocycles. The van der Waals surface area contributed by atoms with Crippen LogP contribution in [-0.4, -0.2) is 38.1 Å². The molecule has 0 aliphatic carbocycles. The van der Waals surface area contributed by atoms with E-state index in [1.807, 2.05) is 0 Å². The minimum absolute atomic E-state index is 0.147. The highest BCUT2D eigenvalue weighted by Crippen LogP contribution is 1.91. The van der Waals surface area contributed by atoms with Crippen molar-refractivity contribution >= 4 is 16.3 Å². The maximum absolute atomic E-state index is 11.2. The number of ether oxygens (including phenoxy) is 1. The number of nitrogens with one attached hydrogen (secondary N) is 3. The van der Waals surface area contributed by atoms with Crippen molar-refractivity contribution in [3.63, 3.8) is 0 Å². The Morgan fingerprint density at radius 3 is 2.94 bits per heavy atom. The molecule has 0 aliphatic heterocycles. The molecule has 1 rings (SSSR count). The number of methoxy groups -OCH3 is 1. The van der Waals surface area contributed by atoms with Crippen LogP contribution >= 0.6 is 0 Å². The minimum Gasteiger partial charge on any atom is -0.452 e. The van der Waals surface area contributed by atoms with E-state index in [0.29, 0.717) is 6.42 Å². The second kappa shape index (κ2) is 5.47. The Balaban J connectivity index is 2.34. The zero-order chi connectivity index (χ0) is 12.0. The van der Waals surface area contributed by atoms with Crippen molar-refractivity contribution in [2.24, 2.45) is 0 Å². The van der Waals surface area contributed by atoms with E-state index < -0.39 is 16.3 Å². The van der Waals surface area contributed by atoms with Gasteiger partial charge in [0.15, 0.2) is 0 Å². The molecule has 1 aromatic rings. The molecule has 3 N–H and O–H groups in total. The number of carbonyl (C=O) groups excluding carboxylic acids is 1. The molecule has 0 saturated heterocycles. The number of aromatic amines is 1. The van der Waals surface area contributed by atoms with Crippen molar-refractivity contribution in [3.05, 3.63) is 18.2 Å². The molecular weight excluding hydrogens is 236 g/mol. The fourth-order valence-corrected chi connectivity index (χ4v) is 1.67. The van der Waals surface area contributed by atoms with Gasteiger partial charge in [-0.2, -0.15) is 13.1 Å². The van der Waals surface area contributed by atoms with Crippen LogP contribution in [0.25, 0.3) is 0 Å². The van der Waals surface area contributed by atoms with Crippen LogP contribution in [0.3, 0.4) is 0 Å². The summed E-state index contributed by atoms with van der Waals surface area (Å²) < 4.78 is 30.3. The largest absolute Gasteiger partial charge is 0.452 e. The predicted molar refractivity (Wildman–Crippen MR) is 54.8 cm³/mol. The number of H-pyrrole nitrogens is 1. The maximum atomic E-state index is 11.2. The molecule has 0 unspecified atom stereocenters. The van der Waals surface area contributed by atoms with Gasteiger partial charge in [-0.05, 0) is 0 Å². The van der Waals surface area contributed by atoms with E-state index in [9.17, 15) is 13.2 Å². The Morgan fingerprint density at radius 2 is 2.38 bits per heavy atom. The molecule has 8 nitrogen and oxygen atoms in total. The number of amides is 1. The van der Waals surface area contributed by atoms with Crippen LogP contribution in [0.2, 0.25) is 0 Å². The summed E-state index contributed by atoms with van der Waals surface area (Å²) in [4.78, 5) is 17.2. The zero-order valence-electron chi connectivity index (χ0n) is 8.56. The molecule has 0 atom stereocenters. The molecule has 0 bridgehead atoms. The van der Waals surface area contributed by atoms with Crippen molar-refractivity contribution in [2.75, 3.05) is 13.7 Å². The Hall–Kier alpha value is -1.61. The third kappa shape index (κ3) is 4.28. The molecule has 1 heterocycles. The molecule has 0 spiro atoms. The average molecular weight is 248 g/mol. The van der Waals surface area contributed by atoms with Gasteiger partial charge >= 0.3 is 16.3 Å². The first-order chi connectivity index (χ1) is 7.53. The molecule has 0 aliphatic rings. The number of aromatic nitrogens is 2. The lowest BCUT2D eigenvalue weighted by Gasteiger charge is -2.06. The summed E-state index contributed by atoms with van der Waals surface area (Å²) >= 11 is 0. The monoisotopic (exact) mass is 248 g/mol. The quantitative estimate of drug-likeness (QED) is 0.627. The number of nitrogens with zero attached hydrogens (tertiary/aromatic N) is 1. The minimum atomic E-state index is -3.85. The Kier molecular flexibility index (Phi) is 4.26. The van der Waals surface area contributed by atoms with E-state index in [1.54, 1.807) is 10.9 Å². The van der Waals surface area contributed by atoms with E-state index in [2.05, 4.69) is 19.4 Å². The topological polar surface area (TPSA) is 113 Å². The van der Waals surface area contributed by atoms with Crippen molar-refractivity contribution in [1.82, 2.24) is 19.4 Å². The number of hydrogen-bond acceptors (Lipinski definition) is 5. The molecule has 0 fully saturated rings. The van der Waals surface area contributed by atoms with Crippen molar-refractivity contribution in [3.8, 4) is 0 Å². The van der Waals surface area contributed by atoms with E-state index in [1.165, 1.54) is 6.33 Å². The molecule has 90 valence electrons. The van der Waals surface area contributed by atoms with Crippen molar-refractivity contribution in [2.45, 2.75) is 6.42 Å². The highest BCUT2D eigenvalue weighted by Gasteiger charge is 2.13. The summed E-state index contributed by atoms with van der Waals surface area (Å²) in [5.74, 6) is 0. The van der Waals surface area contributed by atoms with Gasteiger partial charge in [-0.15, -0.1) is 0 Å². The molecule has 0 saturated carbocycles. The Bertz CT molecular complexity index is 427. The lowest BCUT2D eigenvalue weighted by Crippen LogP contribution is -2.40. The maximum Gasteiger partial charge on any atom is 0.421 e. The van der Waals surface area contributed by atoms with Crippen LogP contribution < -0.4 is 9.44 Å². The number of hydrogen-bond donors (Lipinski definition) is 3. The highest BCUT2D eigenvalue weighted by atomic mass is 32.2. The second-order valence-corrected chi connectivity index (χ2v) is 4.32. The Morgan fingerprint density at radius 1 is 1.62 bits per heavy atom. The fourth-order valence-electron chi connectivity index (χ4n) is 0.929. The molecule has 16 heavy (non-hydrogen) atoms. The van der Waals surface area contributed by atoms with Gasteiger partial charge in [-0.3, -0.25) is 0 Å². The van der Waals surface area contributed by atoms with E-state index in [0.717, 1.165) is 12.8 Å². The van der Waals surface area contributed by atoms with Gasteiger partial charge in [0.1, 0.15) is 0 Å². The first-order valence-electron chi connectivity index (χ1n) is 4.36. The third-order valence-electron chi connectivity index (χ3n) is 1.64. The van der Waals surface area contributed by atoms with Gasteiger partial charge in [0.2, 0.25) is 0 Å². The SMILES string of the molecule is COC(=O)NS(=O)(=O)NCCc1cnc[nH]1. The first-order valence-corrected chi connectivity index (χ1v) is 5.84. The van der Waals surface area contributed by atoms with Gasteiger partial charge in [-0.1, -0.05) is 0 Å². The predicted octanol–water partition coefficient (Wildman–Crippen LogP) is -0.857. The molecular formula is C7H12N4O4S. The molecule has 1 aromatic heterocycles. The number of rotatable bonds is 5. The van der Waals surface area contributed by atoms with Gasteiger partial charge in [0.25, 0.3) is 0 Å². The van der Waals surface area contributed by atoms with Gasteiger partial charge in [0.05, 0.1) is 13.4 Å². The van der Waals surface area contributed by atoms with Gasteiger partial charge in [-0.25, -0.2) is 14.5 Å². The summed E-state index contributed by atoms with van der Waals surface area (Å²) in [6, 6.07) is 0. The van der Waals surface area contributed by atoms with Crippen molar-refractivity contribution < 1.29 is 17.9 Å². The van der Waals surface area contributed by atoms with E-state index in [4.69, 9.17) is 0 Å². The van der Waals surface area contributed by atoms with Crippen LogP contribution in [0.1, 0.15) is 5.69 Å². The van der Waals surface area contributed by atoms with Gasteiger partial charge in [0, 0.05) is 24.9 Å². The smallest absolute Gasteiger partial charge is 0.421 e. The molecule has 0 radical (unpaired) electrons. The zero-order valence-corrected chi connectivity index (χ0v) is 9.37. The van der Waals surface area contributed by atoms with Crippen LogP contribution in [0.5, 0.6) is 0 Å². The highest BCUT2D eigenvalue weighted by molar-refractivity contribution is 7.88. The molecule has 9 heteroatoms. The fraction of sp³-hybridized carbons (Fsp3) is 0.429. The summed E-state index contributed by atoms with van der Waals surface area (Å²) in [5, 5.41) is 0.